The Morgan fingerprint density at radius 2 is 1.93 bits per heavy atom. The highest BCUT2D eigenvalue weighted by Crippen LogP contribution is 2.22. The SMILES string of the molecule is CC1(C)C(=O)NC(=O)N(CC(N)=O)C1=O. The third-order valence-corrected chi connectivity index (χ3v) is 2.13. The van der Waals surface area contributed by atoms with Gasteiger partial charge in [0, 0.05) is 0 Å². The molecule has 0 atom stereocenters. The second-order valence-electron chi connectivity index (χ2n) is 3.74. The summed E-state index contributed by atoms with van der Waals surface area (Å²) in [5.41, 5.74) is 3.52. The fourth-order valence-corrected chi connectivity index (χ4v) is 1.15. The maximum Gasteiger partial charge on any atom is 0.331 e. The minimum absolute atomic E-state index is 0.526. The zero-order chi connectivity index (χ0) is 11.8. The summed E-state index contributed by atoms with van der Waals surface area (Å²) in [7, 11) is 0. The monoisotopic (exact) mass is 213 g/mol. The summed E-state index contributed by atoms with van der Waals surface area (Å²) in [4.78, 5) is 45.4. The van der Waals surface area contributed by atoms with Crippen LogP contribution in [0.15, 0.2) is 0 Å². The molecule has 0 aromatic heterocycles. The summed E-state index contributed by atoms with van der Waals surface area (Å²) in [5, 5.41) is 1.97. The minimum Gasteiger partial charge on any atom is -0.368 e. The molecule has 0 saturated carbocycles. The van der Waals surface area contributed by atoms with Crippen LogP contribution >= 0.6 is 0 Å². The van der Waals surface area contributed by atoms with E-state index in [-0.39, 0.29) is 0 Å². The van der Waals surface area contributed by atoms with E-state index in [9.17, 15) is 19.2 Å². The highest BCUT2D eigenvalue weighted by Gasteiger charge is 2.47. The first-order valence-corrected chi connectivity index (χ1v) is 4.22. The number of carbonyl (C=O) groups is 4. The molecule has 5 amide bonds. The lowest BCUT2D eigenvalue weighted by atomic mass is 9.89. The lowest BCUT2D eigenvalue weighted by Crippen LogP contribution is -2.63. The Hall–Kier alpha value is -1.92. The summed E-state index contributed by atoms with van der Waals surface area (Å²) < 4.78 is 0. The molecule has 15 heavy (non-hydrogen) atoms. The summed E-state index contributed by atoms with van der Waals surface area (Å²) in [6.45, 7) is 2.21. The molecule has 0 radical (unpaired) electrons. The predicted molar refractivity (Wildman–Crippen MR) is 48.2 cm³/mol. The van der Waals surface area contributed by atoms with Gasteiger partial charge in [0.1, 0.15) is 12.0 Å². The van der Waals surface area contributed by atoms with E-state index in [1.807, 2.05) is 5.32 Å². The van der Waals surface area contributed by atoms with Crippen molar-refractivity contribution in [3.63, 3.8) is 0 Å². The number of nitrogens with zero attached hydrogens (tertiary/aromatic N) is 1. The molecule has 1 aliphatic heterocycles. The van der Waals surface area contributed by atoms with E-state index in [0.29, 0.717) is 4.90 Å². The third kappa shape index (κ3) is 1.80. The normalized spacial score (nSPS) is 20.1. The zero-order valence-electron chi connectivity index (χ0n) is 8.36. The number of hydrogen-bond donors (Lipinski definition) is 2. The molecule has 7 heteroatoms. The number of nitrogens with two attached hydrogens (primary N) is 1. The van der Waals surface area contributed by atoms with Crippen molar-refractivity contribution in [3.05, 3.63) is 0 Å². The van der Waals surface area contributed by atoms with Crippen molar-refractivity contribution in [2.45, 2.75) is 13.8 Å². The molecule has 0 bridgehead atoms. The van der Waals surface area contributed by atoms with Crippen LogP contribution in [0.25, 0.3) is 0 Å². The molecule has 1 saturated heterocycles. The van der Waals surface area contributed by atoms with Gasteiger partial charge in [0.15, 0.2) is 0 Å². The van der Waals surface area contributed by atoms with E-state index in [1.165, 1.54) is 13.8 Å². The molecule has 0 aliphatic carbocycles. The first-order chi connectivity index (χ1) is 6.76. The molecule has 0 aromatic rings. The van der Waals surface area contributed by atoms with Crippen LogP contribution in [0.4, 0.5) is 4.79 Å². The van der Waals surface area contributed by atoms with Crippen LogP contribution in [0.1, 0.15) is 13.8 Å². The van der Waals surface area contributed by atoms with E-state index in [1.54, 1.807) is 0 Å². The van der Waals surface area contributed by atoms with E-state index in [0.717, 1.165) is 0 Å². The number of carbonyl (C=O) groups excluding carboxylic acids is 4. The maximum atomic E-state index is 11.6. The number of rotatable bonds is 2. The van der Waals surface area contributed by atoms with Crippen molar-refractivity contribution < 1.29 is 19.2 Å². The van der Waals surface area contributed by atoms with Gasteiger partial charge in [-0.25, -0.2) is 4.79 Å². The second-order valence-corrected chi connectivity index (χ2v) is 3.74. The van der Waals surface area contributed by atoms with Crippen LogP contribution in [0.3, 0.4) is 0 Å². The average Bonchev–Trinajstić information content (AvgIpc) is 2.10. The number of nitrogens with one attached hydrogen (secondary N) is 1. The Morgan fingerprint density at radius 1 is 1.40 bits per heavy atom. The third-order valence-electron chi connectivity index (χ3n) is 2.13. The number of hydrogen-bond acceptors (Lipinski definition) is 4. The van der Waals surface area contributed by atoms with Gasteiger partial charge in [0.25, 0.3) is 0 Å². The number of primary amides is 1. The van der Waals surface area contributed by atoms with Gasteiger partial charge in [-0.2, -0.15) is 0 Å². The fourth-order valence-electron chi connectivity index (χ4n) is 1.15. The van der Waals surface area contributed by atoms with Crippen molar-refractivity contribution in [1.82, 2.24) is 10.2 Å². The van der Waals surface area contributed by atoms with Gasteiger partial charge in [-0.1, -0.05) is 0 Å². The molecular formula is C8H11N3O4. The Balaban J connectivity index is 2.99. The Morgan fingerprint density at radius 3 is 2.40 bits per heavy atom. The number of urea groups is 1. The van der Waals surface area contributed by atoms with Crippen LogP contribution in [0, 0.1) is 5.41 Å². The topological polar surface area (TPSA) is 110 Å². The number of barbiturate groups is 1. The molecule has 1 fully saturated rings. The van der Waals surface area contributed by atoms with Crippen molar-refractivity contribution in [1.29, 1.82) is 0 Å². The van der Waals surface area contributed by atoms with Crippen molar-refractivity contribution in [2.24, 2.45) is 11.1 Å². The van der Waals surface area contributed by atoms with Gasteiger partial charge in [-0.15, -0.1) is 0 Å². The molecular weight excluding hydrogens is 202 g/mol. The molecule has 0 aromatic carbocycles. The molecule has 0 spiro atoms. The van der Waals surface area contributed by atoms with Crippen molar-refractivity contribution >= 4 is 23.8 Å². The Bertz CT molecular complexity index is 361. The van der Waals surface area contributed by atoms with E-state index >= 15 is 0 Å². The smallest absolute Gasteiger partial charge is 0.331 e. The molecule has 3 N–H and O–H groups in total. The summed E-state index contributed by atoms with van der Waals surface area (Å²) in [5.74, 6) is -2.23. The van der Waals surface area contributed by atoms with Crippen LogP contribution < -0.4 is 11.1 Å². The summed E-state index contributed by atoms with van der Waals surface area (Å²) >= 11 is 0. The predicted octanol–water partition coefficient (Wildman–Crippen LogP) is -1.42. The first kappa shape index (κ1) is 11.2. The van der Waals surface area contributed by atoms with E-state index < -0.39 is 35.7 Å². The fraction of sp³-hybridized carbons (Fsp3) is 0.500. The van der Waals surface area contributed by atoms with Crippen LogP contribution in [-0.4, -0.2) is 35.2 Å². The van der Waals surface area contributed by atoms with Gasteiger partial charge >= 0.3 is 6.03 Å². The summed E-state index contributed by atoms with van der Waals surface area (Å²) in [6.07, 6.45) is 0. The molecule has 1 heterocycles. The van der Waals surface area contributed by atoms with E-state index in [4.69, 9.17) is 5.73 Å². The molecule has 82 valence electrons. The molecule has 7 nitrogen and oxygen atoms in total. The van der Waals surface area contributed by atoms with Gasteiger partial charge in [0.2, 0.25) is 17.7 Å². The molecule has 1 rings (SSSR count). The molecule has 0 unspecified atom stereocenters. The van der Waals surface area contributed by atoms with Gasteiger partial charge < -0.3 is 5.73 Å². The number of amides is 5. The Kier molecular flexibility index (Phi) is 2.48. The van der Waals surface area contributed by atoms with Crippen LogP contribution in [-0.2, 0) is 14.4 Å². The maximum absolute atomic E-state index is 11.6. The van der Waals surface area contributed by atoms with Gasteiger partial charge in [0.05, 0.1) is 0 Å². The second kappa shape index (κ2) is 3.34. The van der Waals surface area contributed by atoms with Crippen LogP contribution in [0.2, 0.25) is 0 Å². The highest BCUT2D eigenvalue weighted by atomic mass is 16.2. The van der Waals surface area contributed by atoms with Crippen LogP contribution in [0.5, 0.6) is 0 Å². The van der Waals surface area contributed by atoms with Crippen molar-refractivity contribution in [2.75, 3.05) is 6.54 Å². The quantitative estimate of drug-likeness (QED) is 0.548. The Labute approximate surface area is 85.6 Å². The lowest BCUT2D eigenvalue weighted by Gasteiger charge is -2.33. The highest BCUT2D eigenvalue weighted by molar-refractivity contribution is 6.19. The molecule has 1 aliphatic rings. The van der Waals surface area contributed by atoms with E-state index in [2.05, 4.69) is 0 Å². The largest absolute Gasteiger partial charge is 0.368 e. The first-order valence-electron chi connectivity index (χ1n) is 4.22. The number of imide groups is 2. The van der Waals surface area contributed by atoms with Gasteiger partial charge in [-0.3, -0.25) is 24.6 Å². The average molecular weight is 213 g/mol. The van der Waals surface area contributed by atoms with Gasteiger partial charge in [-0.05, 0) is 13.8 Å². The van der Waals surface area contributed by atoms with Crippen molar-refractivity contribution in [3.8, 4) is 0 Å². The standard InChI is InChI=1S/C8H11N3O4/c1-8(2)5(13)10-7(15)11(6(8)14)3-4(9)12/h3H2,1-2H3,(H2,9,12)(H,10,13,15). The summed E-state index contributed by atoms with van der Waals surface area (Å²) in [6, 6.07) is -0.914. The zero-order valence-corrected chi connectivity index (χ0v) is 8.36. The minimum atomic E-state index is -1.36. The lowest BCUT2D eigenvalue weighted by molar-refractivity contribution is -0.150.